The Bertz CT molecular complexity index is 238. The number of nitrogens with zero attached hydrogens (tertiary/aromatic N) is 2. The lowest BCUT2D eigenvalue weighted by atomic mass is 10.5. The van der Waals surface area contributed by atoms with Crippen LogP contribution >= 0.6 is 0 Å². The average Bonchev–Trinajstić information content (AvgIpc) is 2.11. The number of aryl methyl sites for hydroxylation is 2. The second-order valence-electron chi connectivity index (χ2n) is 4.07. The largest absolute Gasteiger partial charge is 0.287 e. The summed E-state index contributed by atoms with van der Waals surface area (Å²) >= 11 is 0. The molecule has 0 aliphatic rings. The summed E-state index contributed by atoms with van der Waals surface area (Å²) < 4.78 is 4.53. The van der Waals surface area contributed by atoms with E-state index >= 15 is 0 Å². The van der Waals surface area contributed by atoms with E-state index in [-0.39, 0.29) is 0 Å². The first-order valence-electron chi connectivity index (χ1n) is 3.96. The lowest BCUT2D eigenvalue weighted by Crippen LogP contribution is -2.56. The second kappa shape index (κ2) is 2.48. The van der Waals surface area contributed by atoms with Crippen LogP contribution in [0.15, 0.2) is 12.5 Å². The van der Waals surface area contributed by atoms with Crippen LogP contribution in [0.5, 0.6) is 0 Å². The van der Waals surface area contributed by atoms with Crippen LogP contribution in [0.3, 0.4) is 0 Å². The molecule has 11 heavy (non-hydrogen) atoms. The fraction of sp³-hybridized carbons (Fsp3) is 0.625. The predicted molar refractivity (Wildman–Crippen MR) is 49.1 cm³/mol. The molecule has 0 saturated carbocycles. The van der Waals surface area contributed by atoms with Gasteiger partial charge >= 0.3 is 0 Å². The topological polar surface area (TPSA) is 8.81 Å². The normalized spacial score (nSPS) is 12.1. The van der Waals surface area contributed by atoms with Crippen molar-refractivity contribution in [1.29, 1.82) is 0 Å². The minimum Gasteiger partial charge on any atom is -0.287 e. The quantitative estimate of drug-likeness (QED) is 0.560. The van der Waals surface area contributed by atoms with Gasteiger partial charge in [0.1, 0.15) is 11.9 Å². The van der Waals surface area contributed by atoms with Gasteiger partial charge in [0, 0.05) is 6.92 Å². The minimum atomic E-state index is -1.15. The van der Waals surface area contributed by atoms with Gasteiger partial charge in [-0.2, -0.15) is 0 Å². The second-order valence-corrected chi connectivity index (χ2v) is 8.93. The van der Waals surface area contributed by atoms with E-state index < -0.39 is 8.24 Å². The van der Waals surface area contributed by atoms with Crippen LogP contribution < -0.4 is 4.23 Å². The highest BCUT2D eigenvalue weighted by molar-refractivity contribution is 6.67. The zero-order chi connectivity index (χ0) is 8.65. The lowest BCUT2D eigenvalue weighted by molar-refractivity contribution is -0.545. The molecule has 0 amide bonds. The molecule has 0 spiro atoms. The molecule has 0 fully saturated rings. The number of rotatable bonds is 1. The molecule has 1 rings (SSSR count). The molecule has 0 unspecified atom stereocenters. The van der Waals surface area contributed by atoms with Crippen LogP contribution in [0.4, 0.5) is 0 Å². The van der Waals surface area contributed by atoms with E-state index in [0.717, 1.165) is 0 Å². The fourth-order valence-electron chi connectivity index (χ4n) is 0.970. The highest BCUT2D eigenvalue weighted by Gasteiger charge is 2.23. The number of aromatic nitrogens is 2. The van der Waals surface area contributed by atoms with Crippen LogP contribution in [0.1, 0.15) is 5.69 Å². The molecule has 0 aliphatic carbocycles. The van der Waals surface area contributed by atoms with Crippen molar-refractivity contribution in [3.8, 4) is 0 Å². The fourth-order valence-corrected chi connectivity index (χ4v) is 2.06. The van der Waals surface area contributed by atoms with E-state index in [1.807, 2.05) is 0 Å². The average molecular weight is 169 g/mol. The zero-order valence-corrected chi connectivity index (χ0v) is 9.05. The van der Waals surface area contributed by atoms with Crippen molar-refractivity contribution in [2.24, 2.45) is 7.05 Å². The van der Waals surface area contributed by atoms with E-state index in [1.54, 1.807) is 0 Å². The van der Waals surface area contributed by atoms with E-state index in [1.165, 1.54) is 5.69 Å². The SMILES string of the molecule is Cc1c[n+]([Si](C)(C)C)cn1C. The molecule has 0 aromatic carbocycles. The van der Waals surface area contributed by atoms with Gasteiger partial charge in [-0.25, -0.2) is 4.57 Å². The first kappa shape index (κ1) is 8.52. The maximum Gasteiger partial charge on any atom is 0.257 e. The summed E-state index contributed by atoms with van der Waals surface area (Å²) in [5, 5.41) is 0. The van der Waals surface area contributed by atoms with Crippen LogP contribution in [0, 0.1) is 6.92 Å². The van der Waals surface area contributed by atoms with Crippen molar-refractivity contribution in [1.82, 2.24) is 4.57 Å². The highest BCUT2D eigenvalue weighted by atomic mass is 28.3. The van der Waals surface area contributed by atoms with Crippen LogP contribution in [-0.4, -0.2) is 12.8 Å². The van der Waals surface area contributed by atoms with E-state index in [9.17, 15) is 0 Å². The number of imidazole rings is 1. The van der Waals surface area contributed by atoms with Crippen LogP contribution in [0.2, 0.25) is 19.6 Å². The maximum atomic E-state index is 2.36. The maximum absolute atomic E-state index is 2.36. The van der Waals surface area contributed by atoms with Gasteiger partial charge < -0.3 is 0 Å². The summed E-state index contributed by atoms with van der Waals surface area (Å²) in [7, 11) is 0.941. The molecule has 0 bridgehead atoms. The van der Waals surface area contributed by atoms with E-state index in [0.29, 0.717) is 0 Å². The van der Waals surface area contributed by atoms with Crippen LogP contribution in [0.25, 0.3) is 0 Å². The van der Waals surface area contributed by atoms with Gasteiger partial charge in [0.25, 0.3) is 8.24 Å². The first-order chi connectivity index (χ1) is 4.91. The molecule has 1 heterocycles. The van der Waals surface area contributed by atoms with E-state index in [4.69, 9.17) is 0 Å². The van der Waals surface area contributed by atoms with Gasteiger partial charge in [-0.15, -0.1) is 0 Å². The van der Waals surface area contributed by atoms with Crippen molar-refractivity contribution in [3.63, 3.8) is 0 Å². The Labute approximate surface area is 69.6 Å². The summed E-state index contributed by atoms with van der Waals surface area (Å²) in [6.45, 7) is 9.15. The molecule has 62 valence electrons. The molecule has 0 aliphatic heterocycles. The summed E-state index contributed by atoms with van der Waals surface area (Å²) in [6.07, 6.45) is 4.41. The Morgan fingerprint density at radius 2 is 1.91 bits per heavy atom. The molecule has 0 N–H and O–H groups in total. The third kappa shape index (κ3) is 1.71. The smallest absolute Gasteiger partial charge is 0.257 e. The Morgan fingerprint density at radius 3 is 2.09 bits per heavy atom. The predicted octanol–water partition coefficient (Wildman–Crippen LogP) is 1.30. The molecule has 1 aromatic rings. The third-order valence-electron chi connectivity index (χ3n) is 1.95. The van der Waals surface area contributed by atoms with Gasteiger partial charge in [-0.05, 0) is 19.6 Å². The number of hydrogen-bond donors (Lipinski definition) is 0. The van der Waals surface area contributed by atoms with Gasteiger partial charge in [0.05, 0.1) is 7.05 Å². The van der Waals surface area contributed by atoms with Gasteiger partial charge in [-0.3, -0.25) is 4.23 Å². The van der Waals surface area contributed by atoms with Crippen molar-refractivity contribution in [3.05, 3.63) is 18.2 Å². The molecule has 0 saturated heterocycles. The summed E-state index contributed by atoms with van der Waals surface area (Å²) in [5.74, 6) is 0. The standard InChI is InChI=1S/C8H17N2Si/c1-8-6-10(7-9(8)2)11(3,4)5/h6-7H,1-5H3/q+1. The molecular formula is C8H17N2Si+. The Hall–Kier alpha value is -0.573. The van der Waals surface area contributed by atoms with Gasteiger partial charge in [-0.1, -0.05) is 0 Å². The van der Waals surface area contributed by atoms with Gasteiger partial charge in [0.2, 0.25) is 6.33 Å². The molecule has 1 aromatic heterocycles. The summed E-state index contributed by atoms with van der Waals surface area (Å²) in [6, 6.07) is 0. The Kier molecular flexibility index (Phi) is 1.92. The van der Waals surface area contributed by atoms with Gasteiger partial charge in [0.15, 0.2) is 0 Å². The highest BCUT2D eigenvalue weighted by Crippen LogP contribution is 1.98. The molecule has 0 atom stereocenters. The zero-order valence-electron chi connectivity index (χ0n) is 8.05. The molecule has 3 heteroatoms. The van der Waals surface area contributed by atoms with Crippen molar-refractivity contribution < 1.29 is 4.23 Å². The third-order valence-corrected chi connectivity index (χ3v) is 3.75. The lowest BCUT2D eigenvalue weighted by Gasteiger charge is -2.09. The molecule has 0 radical (unpaired) electrons. The molecule has 2 nitrogen and oxygen atoms in total. The van der Waals surface area contributed by atoms with Crippen molar-refractivity contribution in [2.75, 3.05) is 0 Å². The summed E-state index contributed by atoms with van der Waals surface area (Å²) in [4.78, 5) is 0. The first-order valence-corrected chi connectivity index (χ1v) is 7.40. The van der Waals surface area contributed by atoms with Crippen LogP contribution in [-0.2, 0) is 7.05 Å². The summed E-state index contributed by atoms with van der Waals surface area (Å²) in [5.41, 5.74) is 1.33. The number of hydrogen-bond acceptors (Lipinski definition) is 0. The van der Waals surface area contributed by atoms with Crippen molar-refractivity contribution in [2.45, 2.75) is 26.6 Å². The van der Waals surface area contributed by atoms with E-state index in [2.05, 4.69) is 54.9 Å². The minimum absolute atomic E-state index is 1.15. The molecular weight excluding hydrogens is 152 g/mol. The van der Waals surface area contributed by atoms with Crippen molar-refractivity contribution >= 4 is 8.24 Å². The Morgan fingerprint density at radius 1 is 1.36 bits per heavy atom. The monoisotopic (exact) mass is 169 g/mol. The Balaban J connectivity index is 3.08.